The van der Waals surface area contributed by atoms with Crippen molar-refractivity contribution >= 4 is 40.8 Å². The molecule has 0 saturated heterocycles. The third-order valence-electron chi connectivity index (χ3n) is 3.28. The zero-order chi connectivity index (χ0) is 12.1. The van der Waals surface area contributed by atoms with E-state index in [1.165, 1.54) is 0 Å². The Balaban J connectivity index is 2.97. The van der Waals surface area contributed by atoms with Crippen molar-refractivity contribution in [3.05, 3.63) is 0 Å². The molecule has 84 valence electrons. The number of hydrogen-bond acceptors (Lipinski definition) is 2. The van der Waals surface area contributed by atoms with Crippen molar-refractivity contribution in [1.29, 1.82) is 5.26 Å². The molecule has 2 unspecified atom stereocenters. The maximum absolute atomic E-state index is 11.1. The largest absolute Gasteiger partial charge is 0.480 e. The number of hydrogen-bond donors (Lipinski definition) is 1. The van der Waals surface area contributed by atoms with Crippen molar-refractivity contribution in [2.75, 3.05) is 0 Å². The molecule has 1 aliphatic carbocycles. The molecular formula is C9H10Cl3NO2. The Hall–Kier alpha value is -0.170. The van der Waals surface area contributed by atoms with Crippen LogP contribution in [0, 0.1) is 28.1 Å². The molecule has 0 aliphatic heterocycles. The SMILES string of the molecule is CC1(C)C(CC(Cl)(Cl)Cl)C1(C#N)C(=O)O. The van der Waals surface area contributed by atoms with E-state index in [9.17, 15) is 4.79 Å². The zero-order valence-electron chi connectivity index (χ0n) is 8.22. The molecule has 3 nitrogen and oxygen atoms in total. The lowest BCUT2D eigenvalue weighted by Crippen LogP contribution is -2.20. The number of carboxylic acids is 1. The Bertz CT molecular complexity index is 342. The molecule has 0 amide bonds. The quantitative estimate of drug-likeness (QED) is 0.785. The van der Waals surface area contributed by atoms with Crippen LogP contribution in [0.15, 0.2) is 0 Å². The average molecular weight is 271 g/mol. The van der Waals surface area contributed by atoms with E-state index in [-0.39, 0.29) is 6.42 Å². The Morgan fingerprint density at radius 2 is 2.00 bits per heavy atom. The predicted octanol–water partition coefficient (Wildman–Crippen LogP) is 3.00. The van der Waals surface area contributed by atoms with Gasteiger partial charge in [0, 0.05) is 5.92 Å². The van der Waals surface area contributed by atoms with Crippen LogP contribution in [-0.2, 0) is 4.79 Å². The van der Waals surface area contributed by atoms with Gasteiger partial charge in [0.15, 0.2) is 9.21 Å². The molecule has 15 heavy (non-hydrogen) atoms. The molecule has 0 aromatic carbocycles. The first-order chi connectivity index (χ1) is 6.59. The number of nitrogens with zero attached hydrogens (tertiary/aromatic N) is 1. The van der Waals surface area contributed by atoms with Gasteiger partial charge >= 0.3 is 5.97 Å². The van der Waals surface area contributed by atoms with Gasteiger partial charge in [0.05, 0.1) is 6.07 Å². The van der Waals surface area contributed by atoms with Gasteiger partial charge in [-0.3, -0.25) is 4.79 Å². The molecule has 1 fully saturated rings. The first kappa shape index (κ1) is 12.9. The summed E-state index contributed by atoms with van der Waals surface area (Å²) in [6, 6.07) is 1.84. The van der Waals surface area contributed by atoms with E-state index >= 15 is 0 Å². The number of carbonyl (C=O) groups is 1. The highest BCUT2D eigenvalue weighted by atomic mass is 35.6. The van der Waals surface area contributed by atoms with E-state index in [1.807, 2.05) is 6.07 Å². The maximum Gasteiger partial charge on any atom is 0.324 e. The van der Waals surface area contributed by atoms with Gasteiger partial charge in [-0.25, -0.2) is 0 Å². The lowest BCUT2D eigenvalue weighted by atomic mass is 9.98. The molecule has 0 aromatic heterocycles. The van der Waals surface area contributed by atoms with Crippen LogP contribution in [0.1, 0.15) is 20.3 Å². The molecule has 0 bridgehead atoms. The molecule has 6 heteroatoms. The second kappa shape index (κ2) is 3.41. The van der Waals surface area contributed by atoms with Crippen molar-refractivity contribution in [3.63, 3.8) is 0 Å². The van der Waals surface area contributed by atoms with E-state index < -0.39 is 26.5 Å². The van der Waals surface area contributed by atoms with Crippen LogP contribution in [-0.4, -0.2) is 14.9 Å². The molecule has 0 aromatic rings. The third-order valence-corrected chi connectivity index (χ3v) is 3.74. The van der Waals surface area contributed by atoms with E-state index in [0.29, 0.717) is 0 Å². The van der Waals surface area contributed by atoms with Crippen molar-refractivity contribution < 1.29 is 9.90 Å². The molecule has 0 heterocycles. The second-order valence-electron chi connectivity index (χ2n) is 4.32. The van der Waals surface area contributed by atoms with Crippen LogP contribution in [0.3, 0.4) is 0 Å². The summed E-state index contributed by atoms with van der Waals surface area (Å²) in [6.07, 6.45) is 0.0739. The van der Waals surface area contributed by atoms with Gasteiger partial charge < -0.3 is 5.11 Å². The number of carboxylic acid groups (broad SMARTS) is 1. The first-order valence-corrected chi connectivity index (χ1v) is 5.44. The summed E-state index contributed by atoms with van der Waals surface area (Å²) < 4.78 is -1.52. The Kier molecular flexibility index (Phi) is 2.93. The summed E-state index contributed by atoms with van der Waals surface area (Å²) in [7, 11) is 0. The van der Waals surface area contributed by atoms with Crippen molar-refractivity contribution in [1.82, 2.24) is 0 Å². The molecule has 1 saturated carbocycles. The standard InChI is InChI=1S/C9H10Cl3NO2/c1-7(2)5(3-9(10,11)12)8(7,4-13)6(14)15/h5H,3H2,1-2H3,(H,14,15). The van der Waals surface area contributed by atoms with Gasteiger partial charge in [0.2, 0.25) is 0 Å². The fourth-order valence-electron chi connectivity index (χ4n) is 2.20. The van der Waals surface area contributed by atoms with E-state index in [4.69, 9.17) is 45.2 Å². The second-order valence-corrected chi connectivity index (χ2v) is 6.83. The van der Waals surface area contributed by atoms with Gasteiger partial charge in [-0.2, -0.15) is 5.26 Å². The minimum atomic E-state index is -1.52. The summed E-state index contributed by atoms with van der Waals surface area (Å²) >= 11 is 16.8. The van der Waals surface area contributed by atoms with Crippen molar-refractivity contribution in [2.24, 2.45) is 16.7 Å². The molecule has 0 spiro atoms. The summed E-state index contributed by atoms with van der Waals surface area (Å²) in [4.78, 5) is 11.1. The number of aliphatic carboxylic acids is 1. The molecule has 2 atom stereocenters. The Morgan fingerprint density at radius 3 is 2.20 bits per heavy atom. The van der Waals surface area contributed by atoms with Crippen molar-refractivity contribution in [3.8, 4) is 6.07 Å². The first-order valence-electron chi connectivity index (χ1n) is 4.31. The fraction of sp³-hybridized carbons (Fsp3) is 0.778. The molecule has 1 N–H and O–H groups in total. The molecule has 1 rings (SSSR count). The van der Waals surface area contributed by atoms with E-state index in [0.717, 1.165) is 0 Å². The number of rotatable bonds is 2. The minimum absolute atomic E-state index is 0.0739. The van der Waals surface area contributed by atoms with Crippen LogP contribution in [0.4, 0.5) is 0 Å². The normalized spacial score (nSPS) is 33.2. The lowest BCUT2D eigenvalue weighted by molar-refractivity contribution is -0.142. The van der Waals surface area contributed by atoms with Gasteiger partial charge in [-0.1, -0.05) is 48.7 Å². The smallest absolute Gasteiger partial charge is 0.324 e. The monoisotopic (exact) mass is 269 g/mol. The Labute approximate surface area is 103 Å². The van der Waals surface area contributed by atoms with Gasteiger partial charge in [0.25, 0.3) is 0 Å². The van der Waals surface area contributed by atoms with Crippen LogP contribution >= 0.6 is 34.8 Å². The average Bonchev–Trinajstić information content (AvgIpc) is 2.45. The predicted molar refractivity (Wildman–Crippen MR) is 57.9 cm³/mol. The highest BCUT2D eigenvalue weighted by Crippen LogP contribution is 2.71. The minimum Gasteiger partial charge on any atom is -0.480 e. The topological polar surface area (TPSA) is 61.1 Å². The summed E-state index contributed by atoms with van der Waals surface area (Å²) in [5, 5.41) is 18.0. The van der Waals surface area contributed by atoms with Crippen LogP contribution in [0.5, 0.6) is 0 Å². The molecular weight excluding hydrogens is 260 g/mol. The van der Waals surface area contributed by atoms with Gasteiger partial charge in [-0.15, -0.1) is 0 Å². The highest BCUT2D eigenvalue weighted by molar-refractivity contribution is 6.67. The fourth-order valence-corrected chi connectivity index (χ4v) is 2.67. The lowest BCUT2D eigenvalue weighted by Gasteiger charge is -2.10. The van der Waals surface area contributed by atoms with Crippen LogP contribution < -0.4 is 0 Å². The molecule has 0 radical (unpaired) electrons. The maximum atomic E-state index is 11.1. The summed E-state index contributed by atoms with van der Waals surface area (Å²) in [6.45, 7) is 3.40. The highest BCUT2D eigenvalue weighted by Gasteiger charge is 2.77. The summed E-state index contributed by atoms with van der Waals surface area (Å²) in [5.74, 6) is -1.57. The van der Waals surface area contributed by atoms with Crippen LogP contribution in [0.2, 0.25) is 0 Å². The number of halogens is 3. The zero-order valence-corrected chi connectivity index (χ0v) is 10.5. The Morgan fingerprint density at radius 1 is 1.53 bits per heavy atom. The molecule has 1 aliphatic rings. The van der Waals surface area contributed by atoms with Crippen LogP contribution in [0.25, 0.3) is 0 Å². The van der Waals surface area contributed by atoms with Crippen molar-refractivity contribution in [2.45, 2.75) is 24.1 Å². The third kappa shape index (κ3) is 1.80. The van der Waals surface area contributed by atoms with Gasteiger partial charge in [-0.05, 0) is 11.8 Å². The van der Waals surface area contributed by atoms with E-state index in [1.54, 1.807) is 13.8 Å². The number of alkyl halides is 3. The summed E-state index contributed by atoms with van der Waals surface area (Å²) in [5.41, 5.74) is -2.07. The van der Waals surface area contributed by atoms with E-state index in [2.05, 4.69) is 0 Å². The van der Waals surface area contributed by atoms with Gasteiger partial charge in [0.1, 0.15) is 0 Å². The number of nitriles is 1.